The molecule has 0 fully saturated rings. The number of allylic oxidation sites excluding steroid dienone is 5. The number of benzene rings is 5. The standard InChI is InChI=1S/C36H26O/c1-2-8-28-24(7-1)17-18-25-19-20-27(21-32(25)28)23-13-15-26(16-14-23)33-22-34-30-10-5-6-12-35(30)37-36(34)31-11-4-3-9-29(31)33/h1-13,15-20,22-23,27H,14,21H2. The number of rotatable bonds is 2. The van der Waals surface area contributed by atoms with E-state index in [9.17, 15) is 0 Å². The van der Waals surface area contributed by atoms with Crippen LogP contribution in [0.25, 0.3) is 55.1 Å². The Morgan fingerprint density at radius 1 is 0.622 bits per heavy atom. The van der Waals surface area contributed by atoms with Crippen molar-refractivity contribution < 1.29 is 4.42 Å². The van der Waals surface area contributed by atoms with Gasteiger partial charge in [-0.3, -0.25) is 0 Å². The molecule has 5 aromatic carbocycles. The van der Waals surface area contributed by atoms with Gasteiger partial charge in [0.1, 0.15) is 11.2 Å². The lowest BCUT2D eigenvalue weighted by molar-refractivity contribution is 0.473. The molecule has 37 heavy (non-hydrogen) atoms. The van der Waals surface area contributed by atoms with Crippen LogP contribution in [0.5, 0.6) is 0 Å². The summed E-state index contributed by atoms with van der Waals surface area (Å²) in [6, 6.07) is 32.7. The fraction of sp³-hybridized carbons (Fsp3) is 0.111. The fourth-order valence-electron chi connectivity index (χ4n) is 6.50. The van der Waals surface area contributed by atoms with Crippen LogP contribution >= 0.6 is 0 Å². The molecule has 1 heteroatoms. The van der Waals surface area contributed by atoms with E-state index >= 15 is 0 Å². The molecule has 0 saturated heterocycles. The molecule has 0 spiro atoms. The Bertz CT molecular complexity index is 1940. The second kappa shape index (κ2) is 8.08. The van der Waals surface area contributed by atoms with Crippen molar-refractivity contribution in [3.8, 4) is 0 Å². The molecule has 2 aliphatic rings. The van der Waals surface area contributed by atoms with Gasteiger partial charge in [-0.2, -0.15) is 0 Å². The van der Waals surface area contributed by atoms with Crippen molar-refractivity contribution in [3.63, 3.8) is 0 Å². The number of fused-ring (bicyclic) bond motifs is 8. The molecule has 176 valence electrons. The van der Waals surface area contributed by atoms with Gasteiger partial charge in [-0.1, -0.05) is 109 Å². The molecular weight excluding hydrogens is 448 g/mol. The molecule has 0 aliphatic heterocycles. The normalized spacial score (nSPS) is 19.1. The topological polar surface area (TPSA) is 13.1 Å². The molecule has 1 aromatic heterocycles. The number of furan rings is 1. The molecule has 0 saturated carbocycles. The third-order valence-corrected chi connectivity index (χ3v) is 8.42. The van der Waals surface area contributed by atoms with E-state index in [1.165, 1.54) is 54.6 Å². The minimum absolute atomic E-state index is 0.511. The minimum atomic E-state index is 0.511. The van der Waals surface area contributed by atoms with Crippen LogP contribution in [0.15, 0.2) is 120 Å². The quantitative estimate of drug-likeness (QED) is 0.243. The Morgan fingerprint density at radius 2 is 1.38 bits per heavy atom. The van der Waals surface area contributed by atoms with E-state index in [-0.39, 0.29) is 0 Å². The molecular formula is C36H26O. The van der Waals surface area contributed by atoms with Gasteiger partial charge in [-0.05, 0) is 75.2 Å². The molecule has 6 aromatic rings. The molecule has 1 heterocycles. The van der Waals surface area contributed by atoms with Crippen LogP contribution in [0.3, 0.4) is 0 Å². The van der Waals surface area contributed by atoms with Gasteiger partial charge >= 0.3 is 0 Å². The molecule has 1 nitrogen and oxygen atoms in total. The van der Waals surface area contributed by atoms with Crippen LogP contribution in [-0.2, 0) is 6.42 Å². The van der Waals surface area contributed by atoms with E-state index < -0.39 is 0 Å². The van der Waals surface area contributed by atoms with E-state index in [0.29, 0.717) is 11.8 Å². The van der Waals surface area contributed by atoms with Crippen LogP contribution in [0.2, 0.25) is 0 Å². The summed E-state index contributed by atoms with van der Waals surface area (Å²) < 4.78 is 6.32. The van der Waals surface area contributed by atoms with Crippen LogP contribution < -0.4 is 0 Å². The lowest BCUT2D eigenvalue weighted by Crippen LogP contribution is -2.17. The summed E-state index contributed by atoms with van der Waals surface area (Å²) in [6.07, 6.45) is 14.2. The average Bonchev–Trinajstić information content (AvgIpc) is 3.35. The van der Waals surface area contributed by atoms with E-state index in [4.69, 9.17) is 4.42 Å². The van der Waals surface area contributed by atoms with Gasteiger partial charge in [0.05, 0.1) is 0 Å². The van der Waals surface area contributed by atoms with Crippen LogP contribution in [0.1, 0.15) is 23.1 Å². The van der Waals surface area contributed by atoms with Crippen LogP contribution in [0, 0.1) is 11.8 Å². The molecule has 2 unspecified atom stereocenters. The summed E-state index contributed by atoms with van der Waals surface area (Å²) in [7, 11) is 0. The predicted molar refractivity (Wildman–Crippen MR) is 157 cm³/mol. The maximum atomic E-state index is 6.32. The maximum absolute atomic E-state index is 6.32. The summed E-state index contributed by atoms with van der Waals surface area (Å²) >= 11 is 0. The van der Waals surface area contributed by atoms with Crippen LogP contribution in [0.4, 0.5) is 0 Å². The third kappa shape index (κ3) is 3.24. The maximum Gasteiger partial charge on any atom is 0.143 e. The van der Waals surface area contributed by atoms with E-state index in [1.54, 1.807) is 0 Å². The van der Waals surface area contributed by atoms with E-state index in [2.05, 4.69) is 115 Å². The monoisotopic (exact) mass is 474 g/mol. The largest absolute Gasteiger partial charge is 0.455 e. The lowest BCUT2D eigenvalue weighted by atomic mass is 9.76. The van der Waals surface area contributed by atoms with Crippen molar-refractivity contribution in [2.75, 3.05) is 0 Å². The molecule has 2 atom stereocenters. The molecule has 0 radical (unpaired) electrons. The second-order valence-corrected chi connectivity index (χ2v) is 10.4. The van der Waals surface area contributed by atoms with E-state index in [0.717, 1.165) is 24.0 Å². The minimum Gasteiger partial charge on any atom is -0.455 e. The summed E-state index contributed by atoms with van der Waals surface area (Å²) in [6.45, 7) is 0. The molecule has 0 N–H and O–H groups in total. The zero-order valence-electron chi connectivity index (χ0n) is 20.5. The van der Waals surface area contributed by atoms with Gasteiger partial charge in [0.25, 0.3) is 0 Å². The van der Waals surface area contributed by atoms with Crippen molar-refractivity contribution in [2.24, 2.45) is 11.8 Å². The Morgan fingerprint density at radius 3 is 2.24 bits per heavy atom. The van der Waals surface area contributed by atoms with Gasteiger partial charge in [0.2, 0.25) is 0 Å². The Balaban J connectivity index is 1.16. The Hall–Kier alpha value is -4.36. The summed E-state index contributed by atoms with van der Waals surface area (Å²) in [4.78, 5) is 0. The van der Waals surface area contributed by atoms with E-state index in [1.807, 2.05) is 6.07 Å². The van der Waals surface area contributed by atoms with Gasteiger partial charge in [0, 0.05) is 16.2 Å². The van der Waals surface area contributed by atoms with Crippen molar-refractivity contribution in [2.45, 2.75) is 12.8 Å². The first-order valence-corrected chi connectivity index (χ1v) is 13.2. The second-order valence-electron chi connectivity index (χ2n) is 10.4. The zero-order chi connectivity index (χ0) is 24.3. The summed E-state index contributed by atoms with van der Waals surface area (Å²) in [5.41, 5.74) is 7.40. The van der Waals surface area contributed by atoms with Crippen molar-refractivity contribution in [3.05, 3.63) is 132 Å². The first kappa shape index (κ1) is 20.8. The Kier molecular flexibility index (Phi) is 4.54. The Labute approximate surface area is 216 Å². The highest BCUT2D eigenvalue weighted by Gasteiger charge is 2.24. The summed E-state index contributed by atoms with van der Waals surface area (Å²) in [5.74, 6) is 1.03. The van der Waals surface area contributed by atoms with Gasteiger partial charge in [-0.15, -0.1) is 0 Å². The predicted octanol–water partition coefficient (Wildman–Crippen LogP) is 9.74. The van der Waals surface area contributed by atoms with Gasteiger partial charge in [0.15, 0.2) is 0 Å². The van der Waals surface area contributed by atoms with Crippen molar-refractivity contribution in [1.29, 1.82) is 0 Å². The highest BCUT2D eigenvalue weighted by molar-refractivity contribution is 6.18. The lowest BCUT2D eigenvalue weighted by Gasteiger charge is -2.28. The average molecular weight is 475 g/mol. The smallest absolute Gasteiger partial charge is 0.143 e. The SMILES string of the molecule is C1=CC(C2C=Cc3ccc4ccccc4c3C2)CC=C1c1cc2c3ccccc3oc2c2ccccc12. The highest BCUT2D eigenvalue weighted by atomic mass is 16.3. The number of hydrogen-bond donors (Lipinski definition) is 0. The first-order chi connectivity index (χ1) is 18.3. The van der Waals surface area contributed by atoms with Gasteiger partial charge < -0.3 is 4.42 Å². The summed E-state index contributed by atoms with van der Waals surface area (Å²) in [5, 5.41) is 7.55. The van der Waals surface area contributed by atoms with Gasteiger partial charge in [-0.25, -0.2) is 0 Å². The molecule has 0 bridgehead atoms. The van der Waals surface area contributed by atoms with Crippen molar-refractivity contribution in [1.82, 2.24) is 0 Å². The number of para-hydroxylation sites is 1. The van der Waals surface area contributed by atoms with Crippen molar-refractivity contribution >= 4 is 55.1 Å². The fourth-order valence-corrected chi connectivity index (χ4v) is 6.50. The highest BCUT2D eigenvalue weighted by Crippen LogP contribution is 2.41. The molecule has 0 amide bonds. The first-order valence-electron chi connectivity index (χ1n) is 13.2. The number of hydrogen-bond acceptors (Lipinski definition) is 1. The van der Waals surface area contributed by atoms with Crippen LogP contribution in [-0.4, -0.2) is 0 Å². The molecule has 8 rings (SSSR count). The zero-order valence-corrected chi connectivity index (χ0v) is 20.5. The third-order valence-electron chi connectivity index (χ3n) is 8.42. The molecule has 2 aliphatic carbocycles.